The number of hydrogen-bond acceptors (Lipinski definition) is 4. The minimum atomic E-state index is -0.225. The average molecular weight is 398 g/mol. The standard InChI is InChI=1S/C22H24ClN3O2/c1-25-7-9-26(10-8-25)15-17-4-2-3-16(11-17)14-24-22(27)21-13-18-12-19(23)5-6-20(18)28-21/h2-6,11-13H,7-10,14-15H2,1H3,(H,24,27). The van der Waals surface area contributed by atoms with Crippen LogP contribution in [0.4, 0.5) is 0 Å². The summed E-state index contributed by atoms with van der Waals surface area (Å²) in [7, 11) is 2.16. The molecule has 1 aromatic heterocycles. The number of hydrogen-bond donors (Lipinski definition) is 1. The van der Waals surface area contributed by atoms with Gasteiger partial charge in [-0.2, -0.15) is 0 Å². The summed E-state index contributed by atoms with van der Waals surface area (Å²) in [5.74, 6) is 0.0719. The van der Waals surface area contributed by atoms with Crippen LogP contribution in [0.2, 0.25) is 5.02 Å². The molecule has 0 saturated carbocycles. The van der Waals surface area contributed by atoms with Crippen molar-refractivity contribution in [3.63, 3.8) is 0 Å². The van der Waals surface area contributed by atoms with E-state index in [0.717, 1.165) is 43.7 Å². The van der Waals surface area contributed by atoms with E-state index in [-0.39, 0.29) is 5.91 Å². The molecule has 0 radical (unpaired) electrons. The molecular weight excluding hydrogens is 374 g/mol. The molecule has 1 fully saturated rings. The molecule has 0 aliphatic carbocycles. The molecule has 3 aromatic rings. The fourth-order valence-corrected chi connectivity index (χ4v) is 3.68. The van der Waals surface area contributed by atoms with Crippen LogP contribution in [0.1, 0.15) is 21.7 Å². The number of rotatable bonds is 5. The van der Waals surface area contributed by atoms with Crippen molar-refractivity contribution in [1.82, 2.24) is 15.1 Å². The molecule has 0 unspecified atom stereocenters. The Morgan fingerprint density at radius 2 is 1.86 bits per heavy atom. The van der Waals surface area contributed by atoms with Crippen LogP contribution in [0.5, 0.6) is 0 Å². The van der Waals surface area contributed by atoms with Crippen LogP contribution in [0.25, 0.3) is 11.0 Å². The van der Waals surface area contributed by atoms with Crippen molar-refractivity contribution in [1.29, 1.82) is 0 Å². The molecule has 2 heterocycles. The normalized spacial score (nSPS) is 15.8. The summed E-state index contributed by atoms with van der Waals surface area (Å²) in [5, 5.41) is 4.39. The van der Waals surface area contributed by atoms with Gasteiger partial charge in [0.1, 0.15) is 5.58 Å². The molecule has 1 aliphatic heterocycles. The van der Waals surface area contributed by atoms with E-state index in [9.17, 15) is 4.79 Å². The number of amides is 1. The number of nitrogens with zero attached hydrogens (tertiary/aromatic N) is 2. The second-order valence-corrected chi connectivity index (χ2v) is 7.81. The number of fused-ring (bicyclic) bond motifs is 1. The van der Waals surface area contributed by atoms with E-state index in [1.807, 2.05) is 6.07 Å². The van der Waals surface area contributed by atoms with Crippen LogP contribution in [0, 0.1) is 0 Å². The van der Waals surface area contributed by atoms with Gasteiger partial charge in [-0.3, -0.25) is 9.69 Å². The molecule has 146 valence electrons. The van der Waals surface area contributed by atoms with Crippen molar-refractivity contribution < 1.29 is 9.21 Å². The van der Waals surface area contributed by atoms with Crippen LogP contribution < -0.4 is 5.32 Å². The highest BCUT2D eigenvalue weighted by Crippen LogP contribution is 2.23. The van der Waals surface area contributed by atoms with Crippen molar-refractivity contribution in [3.05, 3.63) is 70.4 Å². The Morgan fingerprint density at radius 3 is 2.68 bits per heavy atom. The van der Waals surface area contributed by atoms with Crippen LogP contribution in [-0.4, -0.2) is 48.9 Å². The number of furan rings is 1. The highest BCUT2D eigenvalue weighted by molar-refractivity contribution is 6.31. The molecule has 1 aliphatic rings. The lowest BCUT2D eigenvalue weighted by Gasteiger charge is -2.32. The van der Waals surface area contributed by atoms with Crippen molar-refractivity contribution in [3.8, 4) is 0 Å². The van der Waals surface area contributed by atoms with Crippen LogP contribution in [0.15, 0.2) is 52.9 Å². The lowest BCUT2D eigenvalue weighted by atomic mass is 10.1. The zero-order chi connectivity index (χ0) is 19.5. The Balaban J connectivity index is 1.36. The Kier molecular flexibility index (Phi) is 5.67. The van der Waals surface area contributed by atoms with Gasteiger partial charge in [-0.25, -0.2) is 0 Å². The Hall–Kier alpha value is -2.34. The molecular formula is C22H24ClN3O2. The smallest absolute Gasteiger partial charge is 0.287 e. The van der Waals surface area contributed by atoms with Gasteiger partial charge in [0.25, 0.3) is 5.91 Å². The van der Waals surface area contributed by atoms with Gasteiger partial charge in [-0.1, -0.05) is 35.9 Å². The topological polar surface area (TPSA) is 48.7 Å². The number of nitrogens with one attached hydrogen (secondary N) is 1. The van der Waals surface area contributed by atoms with Crippen molar-refractivity contribution in [2.45, 2.75) is 13.1 Å². The van der Waals surface area contributed by atoms with E-state index < -0.39 is 0 Å². The van der Waals surface area contributed by atoms with Crippen molar-refractivity contribution in [2.75, 3.05) is 33.2 Å². The van der Waals surface area contributed by atoms with Gasteiger partial charge in [0, 0.05) is 49.7 Å². The molecule has 0 spiro atoms. The van der Waals surface area contributed by atoms with Crippen molar-refractivity contribution in [2.24, 2.45) is 0 Å². The number of carbonyl (C=O) groups excluding carboxylic acids is 1. The van der Waals surface area contributed by atoms with Crippen LogP contribution >= 0.6 is 11.6 Å². The van der Waals surface area contributed by atoms with E-state index in [4.69, 9.17) is 16.0 Å². The molecule has 0 atom stereocenters. The highest BCUT2D eigenvalue weighted by Gasteiger charge is 2.15. The first kappa shape index (κ1) is 19.0. The van der Waals surface area contributed by atoms with Gasteiger partial charge in [-0.05, 0) is 42.4 Å². The van der Waals surface area contributed by atoms with Crippen molar-refractivity contribution >= 4 is 28.5 Å². The summed E-state index contributed by atoms with van der Waals surface area (Å²) in [6.07, 6.45) is 0. The van der Waals surface area contributed by atoms with E-state index in [0.29, 0.717) is 22.9 Å². The van der Waals surface area contributed by atoms with E-state index in [2.05, 4.69) is 40.4 Å². The third kappa shape index (κ3) is 4.55. The van der Waals surface area contributed by atoms with Gasteiger partial charge < -0.3 is 14.6 Å². The van der Waals surface area contributed by atoms with E-state index in [1.165, 1.54) is 5.56 Å². The Morgan fingerprint density at radius 1 is 1.07 bits per heavy atom. The fraction of sp³-hybridized carbons (Fsp3) is 0.318. The van der Waals surface area contributed by atoms with Gasteiger partial charge in [-0.15, -0.1) is 0 Å². The maximum absolute atomic E-state index is 12.5. The summed E-state index contributed by atoms with van der Waals surface area (Å²) in [4.78, 5) is 17.3. The predicted molar refractivity (Wildman–Crippen MR) is 112 cm³/mol. The zero-order valence-electron chi connectivity index (χ0n) is 16.0. The number of benzene rings is 2. The number of carbonyl (C=O) groups is 1. The van der Waals surface area contributed by atoms with Gasteiger partial charge >= 0.3 is 0 Å². The summed E-state index contributed by atoms with van der Waals surface area (Å²) >= 11 is 5.99. The van der Waals surface area contributed by atoms with E-state index in [1.54, 1.807) is 24.3 Å². The molecule has 0 bridgehead atoms. The first-order chi connectivity index (χ1) is 13.6. The molecule has 5 nitrogen and oxygen atoms in total. The lowest BCUT2D eigenvalue weighted by Crippen LogP contribution is -2.43. The minimum Gasteiger partial charge on any atom is -0.451 e. The summed E-state index contributed by atoms with van der Waals surface area (Å²) in [6, 6.07) is 15.4. The first-order valence-corrected chi connectivity index (χ1v) is 9.91. The number of likely N-dealkylation sites (N-methyl/N-ethyl adjacent to an activating group) is 1. The first-order valence-electron chi connectivity index (χ1n) is 9.53. The second-order valence-electron chi connectivity index (χ2n) is 7.37. The van der Waals surface area contributed by atoms with Gasteiger partial charge in [0.05, 0.1) is 0 Å². The maximum atomic E-state index is 12.5. The van der Waals surface area contributed by atoms with Gasteiger partial charge in [0.15, 0.2) is 5.76 Å². The fourth-order valence-electron chi connectivity index (χ4n) is 3.50. The molecule has 6 heteroatoms. The molecule has 1 N–H and O–H groups in total. The van der Waals surface area contributed by atoms with Crippen LogP contribution in [0.3, 0.4) is 0 Å². The summed E-state index contributed by atoms with van der Waals surface area (Å²) < 4.78 is 5.62. The zero-order valence-corrected chi connectivity index (χ0v) is 16.7. The van der Waals surface area contributed by atoms with Gasteiger partial charge in [0.2, 0.25) is 0 Å². The average Bonchev–Trinajstić information content (AvgIpc) is 3.11. The van der Waals surface area contributed by atoms with E-state index >= 15 is 0 Å². The Labute approximate surface area is 169 Å². The highest BCUT2D eigenvalue weighted by atomic mass is 35.5. The number of piperazine rings is 1. The molecule has 1 saturated heterocycles. The summed E-state index contributed by atoms with van der Waals surface area (Å²) in [6.45, 7) is 5.81. The number of halogens is 1. The molecule has 2 aromatic carbocycles. The molecule has 4 rings (SSSR count). The third-order valence-corrected chi connectivity index (χ3v) is 5.38. The monoisotopic (exact) mass is 397 g/mol. The minimum absolute atomic E-state index is 0.225. The van der Waals surface area contributed by atoms with Crippen LogP contribution in [-0.2, 0) is 13.1 Å². The lowest BCUT2D eigenvalue weighted by molar-refractivity contribution is 0.0925. The molecule has 28 heavy (non-hydrogen) atoms. The predicted octanol–water partition coefficient (Wildman–Crippen LogP) is 3.76. The largest absolute Gasteiger partial charge is 0.451 e. The Bertz CT molecular complexity index is 977. The SMILES string of the molecule is CN1CCN(Cc2cccc(CNC(=O)c3cc4cc(Cl)ccc4o3)c2)CC1. The quantitative estimate of drug-likeness (QED) is 0.712. The third-order valence-electron chi connectivity index (χ3n) is 5.15. The maximum Gasteiger partial charge on any atom is 0.287 e. The molecule has 1 amide bonds. The second kappa shape index (κ2) is 8.35. The summed E-state index contributed by atoms with van der Waals surface area (Å²) in [5.41, 5.74) is 3.01.